The number of phenols is 2. The molecule has 128 valence electrons. The van der Waals surface area contributed by atoms with Gasteiger partial charge in [-0.1, -0.05) is 16.8 Å². The number of nitrogens with zero attached hydrogens (tertiary/aromatic N) is 4. The zero-order chi connectivity index (χ0) is 18.3. The molecular formula is C13H6Cl2N4O6. The van der Waals surface area contributed by atoms with Crippen LogP contribution in [0.3, 0.4) is 0 Å². The molecule has 0 bridgehead atoms. The summed E-state index contributed by atoms with van der Waals surface area (Å²) in [7, 11) is 0. The summed E-state index contributed by atoms with van der Waals surface area (Å²) >= 11 is 11.7. The quantitative estimate of drug-likeness (QED) is 0.174. The lowest BCUT2D eigenvalue weighted by molar-refractivity contribution is -0.602. The van der Waals surface area contributed by atoms with Crippen molar-refractivity contribution in [2.75, 3.05) is 0 Å². The molecule has 0 fully saturated rings. The summed E-state index contributed by atoms with van der Waals surface area (Å²) in [5.74, 6) is -1.81. The minimum absolute atomic E-state index is 0.0223. The minimum atomic E-state index is -0.879. The van der Waals surface area contributed by atoms with Crippen molar-refractivity contribution in [3.05, 3.63) is 49.9 Å². The predicted octanol–water partition coefficient (Wildman–Crippen LogP) is 2.66. The molecule has 3 aromatic rings. The summed E-state index contributed by atoms with van der Waals surface area (Å²) in [4.78, 5) is 14.0. The van der Waals surface area contributed by atoms with E-state index in [9.17, 15) is 25.5 Å². The Morgan fingerprint density at radius 2 is 2.00 bits per heavy atom. The van der Waals surface area contributed by atoms with E-state index in [0.717, 1.165) is 18.3 Å². The van der Waals surface area contributed by atoms with Gasteiger partial charge in [-0.2, -0.15) is 9.71 Å². The minimum Gasteiger partial charge on any atom is -0.618 e. The molecule has 1 aromatic carbocycles. The molecule has 10 nitrogen and oxygen atoms in total. The summed E-state index contributed by atoms with van der Waals surface area (Å²) < 4.78 is 5.36. The number of halogens is 2. The first kappa shape index (κ1) is 16.7. The molecule has 2 N–H and O–H groups in total. The second-order valence-electron chi connectivity index (χ2n) is 4.70. The summed E-state index contributed by atoms with van der Waals surface area (Å²) in [6, 6.07) is 3.30. The second-order valence-corrected chi connectivity index (χ2v) is 5.44. The molecule has 0 unspecified atom stereocenters. The highest BCUT2D eigenvalue weighted by Crippen LogP contribution is 2.39. The fourth-order valence-corrected chi connectivity index (χ4v) is 2.36. The number of pyridine rings is 1. The average molecular weight is 385 g/mol. The van der Waals surface area contributed by atoms with E-state index in [0.29, 0.717) is 4.73 Å². The summed E-state index contributed by atoms with van der Waals surface area (Å²) in [6.07, 6.45) is 1.09. The van der Waals surface area contributed by atoms with E-state index < -0.39 is 22.1 Å². The maximum atomic E-state index is 11.3. The number of phenolic OH excluding ortho intramolecular Hbond substituents is 2. The van der Waals surface area contributed by atoms with Gasteiger partial charge in [-0.25, -0.2) is 0 Å². The smallest absolute Gasteiger partial charge is 0.315 e. The van der Waals surface area contributed by atoms with Crippen LogP contribution in [0.25, 0.3) is 22.8 Å². The van der Waals surface area contributed by atoms with Crippen molar-refractivity contribution in [1.82, 2.24) is 10.1 Å². The summed E-state index contributed by atoms with van der Waals surface area (Å²) in [5, 5.41) is 44.6. The van der Waals surface area contributed by atoms with Crippen LogP contribution in [0.15, 0.2) is 28.9 Å². The first-order valence-electron chi connectivity index (χ1n) is 6.41. The van der Waals surface area contributed by atoms with Crippen LogP contribution in [0.5, 0.6) is 11.5 Å². The molecule has 0 radical (unpaired) electrons. The molecule has 0 saturated carbocycles. The van der Waals surface area contributed by atoms with Gasteiger partial charge in [-0.05, 0) is 17.7 Å². The van der Waals surface area contributed by atoms with Gasteiger partial charge in [-0.3, -0.25) is 10.1 Å². The van der Waals surface area contributed by atoms with E-state index in [1.165, 1.54) is 6.07 Å². The lowest BCUT2D eigenvalue weighted by Crippen LogP contribution is -2.26. The van der Waals surface area contributed by atoms with Gasteiger partial charge in [0.15, 0.2) is 11.9 Å². The van der Waals surface area contributed by atoms with Crippen LogP contribution in [0.1, 0.15) is 0 Å². The first-order chi connectivity index (χ1) is 11.8. The maximum Gasteiger partial charge on any atom is 0.315 e. The normalized spacial score (nSPS) is 10.8. The van der Waals surface area contributed by atoms with Crippen LogP contribution < -0.4 is 4.73 Å². The highest BCUT2D eigenvalue weighted by atomic mass is 35.5. The van der Waals surface area contributed by atoms with Crippen LogP contribution in [0, 0.1) is 15.3 Å². The molecule has 12 heteroatoms. The SMILES string of the molecule is O=[N+]([O-])c1cc(-c2noc(-c3cc[n+]([O-])c(Cl)c3Cl)n2)cc(O)c1O. The largest absolute Gasteiger partial charge is 0.618 e. The van der Waals surface area contributed by atoms with Crippen LogP contribution >= 0.6 is 23.2 Å². The van der Waals surface area contributed by atoms with E-state index in [4.69, 9.17) is 27.7 Å². The molecule has 3 rings (SSSR count). The number of rotatable bonds is 3. The summed E-state index contributed by atoms with van der Waals surface area (Å²) in [6.45, 7) is 0. The number of nitro benzene ring substituents is 1. The predicted molar refractivity (Wildman–Crippen MR) is 84.1 cm³/mol. The third-order valence-electron chi connectivity index (χ3n) is 3.17. The van der Waals surface area contributed by atoms with Crippen LogP contribution in [0.4, 0.5) is 5.69 Å². The number of aromatic hydroxyl groups is 2. The lowest BCUT2D eigenvalue weighted by Gasteiger charge is -2.02. The fraction of sp³-hybridized carbons (Fsp3) is 0. The third-order valence-corrected chi connectivity index (χ3v) is 4.00. The maximum absolute atomic E-state index is 11.3. The number of aromatic nitrogens is 3. The fourth-order valence-electron chi connectivity index (χ4n) is 1.98. The molecule has 0 amide bonds. The van der Waals surface area contributed by atoms with Crippen molar-refractivity contribution in [2.45, 2.75) is 0 Å². The highest BCUT2D eigenvalue weighted by Gasteiger charge is 2.23. The van der Waals surface area contributed by atoms with Gasteiger partial charge in [0.25, 0.3) is 5.89 Å². The molecule has 0 aliphatic heterocycles. The van der Waals surface area contributed by atoms with Gasteiger partial charge in [0.2, 0.25) is 11.6 Å². The Morgan fingerprint density at radius 3 is 2.68 bits per heavy atom. The van der Waals surface area contributed by atoms with Crippen molar-refractivity contribution in [3.8, 4) is 34.3 Å². The molecule has 0 spiro atoms. The van der Waals surface area contributed by atoms with Gasteiger partial charge in [0, 0.05) is 17.7 Å². The third kappa shape index (κ3) is 2.88. The Morgan fingerprint density at radius 1 is 1.28 bits per heavy atom. The zero-order valence-electron chi connectivity index (χ0n) is 11.9. The lowest BCUT2D eigenvalue weighted by atomic mass is 10.1. The highest BCUT2D eigenvalue weighted by molar-refractivity contribution is 6.42. The molecule has 2 heterocycles. The second kappa shape index (κ2) is 6.07. The Kier molecular flexibility index (Phi) is 4.07. The molecule has 0 atom stereocenters. The monoisotopic (exact) mass is 384 g/mol. The van der Waals surface area contributed by atoms with Crippen LogP contribution in [-0.4, -0.2) is 25.3 Å². The number of hydrogen-bond acceptors (Lipinski definition) is 8. The number of nitro groups is 1. The van der Waals surface area contributed by atoms with Gasteiger partial charge in [0.1, 0.15) is 5.02 Å². The van der Waals surface area contributed by atoms with E-state index in [-0.39, 0.29) is 33.0 Å². The van der Waals surface area contributed by atoms with Gasteiger partial charge in [-0.15, -0.1) is 0 Å². The van der Waals surface area contributed by atoms with Crippen LogP contribution in [0.2, 0.25) is 10.2 Å². The Labute approximate surface area is 148 Å². The van der Waals surface area contributed by atoms with E-state index in [1.54, 1.807) is 0 Å². The van der Waals surface area contributed by atoms with E-state index in [1.807, 2.05) is 0 Å². The molecule has 0 aliphatic rings. The average Bonchev–Trinajstić information content (AvgIpc) is 3.04. The Balaban J connectivity index is 2.09. The molecular weight excluding hydrogens is 379 g/mol. The van der Waals surface area contributed by atoms with Crippen molar-refractivity contribution in [2.24, 2.45) is 0 Å². The van der Waals surface area contributed by atoms with Gasteiger partial charge >= 0.3 is 10.8 Å². The van der Waals surface area contributed by atoms with E-state index >= 15 is 0 Å². The topological polar surface area (TPSA) is 149 Å². The first-order valence-corrected chi connectivity index (χ1v) is 7.17. The molecule has 2 aromatic heterocycles. The molecule has 25 heavy (non-hydrogen) atoms. The van der Waals surface area contributed by atoms with Gasteiger partial charge < -0.3 is 19.9 Å². The van der Waals surface area contributed by atoms with Crippen LogP contribution in [-0.2, 0) is 0 Å². The van der Waals surface area contributed by atoms with Crippen molar-refractivity contribution in [1.29, 1.82) is 0 Å². The van der Waals surface area contributed by atoms with Crippen molar-refractivity contribution in [3.63, 3.8) is 0 Å². The van der Waals surface area contributed by atoms with Crippen molar-refractivity contribution < 1.29 is 24.4 Å². The van der Waals surface area contributed by atoms with Gasteiger partial charge in [0.05, 0.1) is 10.5 Å². The summed E-state index contributed by atoms with van der Waals surface area (Å²) in [5.41, 5.74) is -0.529. The zero-order valence-corrected chi connectivity index (χ0v) is 13.4. The van der Waals surface area contributed by atoms with E-state index in [2.05, 4.69) is 10.1 Å². The van der Waals surface area contributed by atoms with Crippen molar-refractivity contribution >= 4 is 28.9 Å². The molecule has 0 saturated heterocycles. The standard InChI is InChI=1S/C13H6Cl2N4O6/c14-9-6(1-2-18(22)11(9)15)13-16-12(17-25-13)5-3-7(19(23)24)10(21)8(20)4-5/h1-4,20-21H. The number of hydrogen-bond donors (Lipinski definition) is 2. The Hall–Kier alpha value is -3.11. The molecule has 0 aliphatic carbocycles. The number of benzene rings is 1. The Bertz CT molecular complexity index is 1010.